The molecular formula is C19H19ClN2O3. The number of halogens is 1. The minimum Gasteiger partial charge on any atom is -0.410 e. The van der Waals surface area contributed by atoms with Crippen molar-refractivity contribution in [3.8, 4) is 5.75 Å². The van der Waals surface area contributed by atoms with E-state index in [1.165, 1.54) is 11.0 Å². The number of benzene rings is 2. The van der Waals surface area contributed by atoms with Gasteiger partial charge in [-0.2, -0.15) is 0 Å². The summed E-state index contributed by atoms with van der Waals surface area (Å²) in [5, 5.41) is 2.69. The standard InChI is InChI=1S/C19H19ClN2O3/c1-2-7-18(23)21-15-8-6-11-17(14-15)25-19(24)22(13-12-20)16-9-4-3-5-10-16/h2-11,14H,12-13H2,1H3,(H,21,23). The van der Waals surface area contributed by atoms with Crippen molar-refractivity contribution in [1.29, 1.82) is 0 Å². The predicted octanol–water partition coefficient (Wildman–Crippen LogP) is 4.45. The summed E-state index contributed by atoms with van der Waals surface area (Å²) in [5.41, 5.74) is 1.24. The van der Waals surface area contributed by atoms with Gasteiger partial charge in [0.05, 0.1) is 0 Å². The van der Waals surface area contributed by atoms with E-state index in [1.54, 1.807) is 37.3 Å². The molecule has 2 rings (SSSR count). The summed E-state index contributed by atoms with van der Waals surface area (Å²) >= 11 is 5.80. The van der Waals surface area contributed by atoms with E-state index in [0.717, 1.165) is 0 Å². The number of amides is 2. The number of hydrogen-bond acceptors (Lipinski definition) is 3. The Bertz CT molecular complexity index is 747. The zero-order valence-corrected chi connectivity index (χ0v) is 14.6. The minimum absolute atomic E-state index is 0.251. The second-order valence-corrected chi connectivity index (χ2v) is 5.44. The second-order valence-electron chi connectivity index (χ2n) is 5.06. The summed E-state index contributed by atoms with van der Waals surface area (Å²) in [7, 11) is 0. The Kier molecular flexibility index (Phi) is 7.04. The molecule has 1 N–H and O–H groups in total. The monoisotopic (exact) mass is 358 g/mol. The van der Waals surface area contributed by atoms with E-state index in [9.17, 15) is 9.59 Å². The van der Waals surface area contributed by atoms with E-state index in [0.29, 0.717) is 23.7 Å². The molecule has 25 heavy (non-hydrogen) atoms. The zero-order chi connectivity index (χ0) is 18.1. The molecule has 0 aromatic heterocycles. The van der Waals surface area contributed by atoms with E-state index in [1.807, 2.05) is 30.3 Å². The number of carbonyl (C=O) groups is 2. The van der Waals surface area contributed by atoms with Gasteiger partial charge < -0.3 is 10.1 Å². The van der Waals surface area contributed by atoms with Gasteiger partial charge in [0, 0.05) is 29.9 Å². The Morgan fingerprint density at radius 2 is 1.92 bits per heavy atom. The summed E-state index contributed by atoms with van der Waals surface area (Å²) in [4.78, 5) is 25.5. The lowest BCUT2D eigenvalue weighted by molar-refractivity contribution is -0.111. The third-order valence-corrected chi connectivity index (χ3v) is 3.39. The number of allylic oxidation sites excluding steroid dienone is 1. The van der Waals surface area contributed by atoms with Crippen molar-refractivity contribution < 1.29 is 14.3 Å². The molecule has 0 aliphatic carbocycles. The highest BCUT2D eigenvalue weighted by molar-refractivity contribution is 6.18. The van der Waals surface area contributed by atoms with Crippen molar-refractivity contribution in [2.75, 3.05) is 22.6 Å². The molecular weight excluding hydrogens is 340 g/mol. The molecule has 0 heterocycles. The quantitative estimate of drug-likeness (QED) is 0.613. The maximum absolute atomic E-state index is 12.5. The highest BCUT2D eigenvalue weighted by Gasteiger charge is 2.17. The fraction of sp³-hybridized carbons (Fsp3) is 0.158. The maximum Gasteiger partial charge on any atom is 0.419 e. The number of nitrogens with one attached hydrogen (secondary N) is 1. The van der Waals surface area contributed by atoms with Gasteiger partial charge in [0.15, 0.2) is 0 Å². The first-order chi connectivity index (χ1) is 12.1. The van der Waals surface area contributed by atoms with E-state index in [4.69, 9.17) is 16.3 Å². The topological polar surface area (TPSA) is 58.6 Å². The summed E-state index contributed by atoms with van der Waals surface area (Å²) in [6.45, 7) is 2.08. The lowest BCUT2D eigenvalue weighted by Gasteiger charge is -2.21. The van der Waals surface area contributed by atoms with Crippen LogP contribution in [-0.4, -0.2) is 24.4 Å². The van der Waals surface area contributed by atoms with Crippen LogP contribution in [0.4, 0.5) is 16.2 Å². The number of para-hydroxylation sites is 1. The molecule has 2 aromatic carbocycles. The summed E-state index contributed by atoms with van der Waals surface area (Å²) in [6, 6.07) is 15.8. The smallest absolute Gasteiger partial charge is 0.410 e. The van der Waals surface area contributed by atoms with Crippen molar-refractivity contribution >= 4 is 35.0 Å². The summed E-state index contributed by atoms with van der Waals surface area (Å²) in [6.07, 6.45) is 2.52. The van der Waals surface area contributed by atoms with Crippen molar-refractivity contribution in [2.45, 2.75) is 6.92 Å². The van der Waals surface area contributed by atoms with Crippen LogP contribution in [0.3, 0.4) is 0 Å². The number of nitrogens with zero attached hydrogens (tertiary/aromatic N) is 1. The molecule has 2 aromatic rings. The predicted molar refractivity (Wildman–Crippen MR) is 100 cm³/mol. The van der Waals surface area contributed by atoms with Crippen LogP contribution in [-0.2, 0) is 4.79 Å². The fourth-order valence-corrected chi connectivity index (χ4v) is 2.32. The van der Waals surface area contributed by atoms with Gasteiger partial charge in [-0.05, 0) is 37.3 Å². The van der Waals surface area contributed by atoms with Crippen LogP contribution in [0, 0.1) is 0 Å². The van der Waals surface area contributed by atoms with Gasteiger partial charge in [-0.3, -0.25) is 9.69 Å². The average Bonchev–Trinajstić information content (AvgIpc) is 2.60. The van der Waals surface area contributed by atoms with Crippen molar-refractivity contribution in [3.05, 3.63) is 66.7 Å². The van der Waals surface area contributed by atoms with Crippen LogP contribution in [0.25, 0.3) is 0 Å². The molecule has 0 radical (unpaired) electrons. The molecule has 130 valence electrons. The largest absolute Gasteiger partial charge is 0.419 e. The highest BCUT2D eigenvalue weighted by Crippen LogP contribution is 2.20. The molecule has 5 nitrogen and oxygen atoms in total. The van der Waals surface area contributed by atoms with Crippen LogP contribution < -0.4 is 15.0 Å². The molecule has 0 unspecified atom stereocenters. The molecule has 0 saturated carbocycles. The molecule has 0 saturated heterocycles. The summed E-state index contributed by atoms with van der Waals surface area (Å²) < 4.78 is 5.42. The van der Waals surface area contributed by atoms with Gasteiger partial charge in [-0.15, -0.1) is 11.6 Å². The molecule has 0 bridgehead atoms. The maximum atomic E-state index is 12.5. The minimum atomic E-state index is -0.538. The van der Waals surface area contributed by atoms with E-state index in [-0.39, 0.29) is 11.8 Å². The number of ether oxygens (including phenoxy) is 1. The van der Waals surface area contributed by atoms with E-state index >= 15 is 0 Å². The lowest BCUT2D eigenvalue weighted by atomic mass is 10.3. The zero-order valence-electron chi connectivity index (χ0n) is 13.8. The number of rotatable bonds is 6. The Morgan fingerprint density at radius 1 is 1.16 bits per heavy atom. The van der Waals surface area contributed by atoms with Crippen LogP contribution in [0.5, 0.6) is 5.75 Å². The Hall–Kier alpha value is -2.79. The normalized spacial score (nSPS) is 10.5. The molecule has 6 heteroatoms. The molecule has 0 fully saturated rings. The van der Waals surface area contributed by atoms with Crippen molar-refractivity contribution in [3.63, 3.8) is 0 Å². The molecule has 0 spiro atoms. The van der Waals surface area contributed by atoms with Gasteiger partial charge >= 0.3 is 6.09 Å². The van der Waals surface area contributed by atoms with Crippen LogP contribution in [0.2, 0.25) is 0 Å². The number of carbonyl (C=O) groups excluding carboxylic acids is 2. The Labute approximate surface area is 151 Å². The number of anilines is 2. The Morgan fingerprint density at radius 3 is 2.60 bits per heavy atom. The average molecular weight is 359 g/mol. The molecule has 0 aliphatic heterocycles. The van der Waals surface area contributed by atoms with Crippen LogP contribution in [0.1, 0.15) is 6.92 Å². The van der Waals surface area contributed by atoms with Gasteiger partial charge in [0.25, 0.3) is 0 Å². The third kappa shape index (κ3) is 5.65. The number of hydrogen-bond donors (Lipinski definition) is 1. The van der Waals surface area contributed by atoms with Crippen LogP contribution in [0.15, 0.2) is 66.7 Å². The van der Waals surface area contributed by atoms with Gasteiger partial charge in [-0.25, -0.2) is 4.79 Å². The van der Waals surface area contributed by atoms with Crippen molar-refractivity contribution in [1.82, 2.24) is 0 Å². The molecule has 0 atom stereocenters. The summed E-state index contributed by atoms with van der Waals surface area (Å²) in [5.74, 6) is 0.363. The molecule has 2 amide bonds. The van der Waals surface area contributed by atoms with Gasteiger partial charge in [0.1, 0.15) is 5.75 Å². The van der Waals surface area contributed by atoms with Gasteiger partial charge in [-0.1, -0.05) is 30.3 Å². The first kappa shape index (κ1) is 18.5. The lowest BCUT2D eigenvalue weighted by Crippen LogP contribution is -2.35. The van der Waals surface area contributed by atoms with E-state index < -0.39 is 6.09 Å². The van der Waals surface area contributed by atoms with Crippen molar-refractivity contribution in [2.24, 2.45) is 0 Å². The molecule has 0 aliphatic rings. The first-order valence-electron chi connectivity index (χ1n) is 7.78. The van der Waals surface area contributed by atoms with E-state index in [2.05, 4.69) is 5.32 Å². The first-order valence-corrected chi connectivity index (χ1v) is 8.31. The number of alkyl halides is 1. The van der Waals surface area contributed by atoms with Crippen LogP contribution >= 0.6 is 11.6 Å². The fourth-order valence-electron chi connectivity index (χ4n) is 2.15. The second kappa shape index (κ2) is 9.49. The Balaban J connectivity index is 2.11. The SMILES string of the molecule is CC=CC(=O)Nc1cccc(OC(=O)N(CCCl)c2ccccc2)c1. The van der Waals surface area contributed by atoms with Gasteiger partial charge in [0.2, 0.25) is 5.91 Å². The highest BCUT2D eigenvalue weighted by atomic mass is 35.5. The third-order valence-electron chi connectivity index (χ3n) is 3.22.